The minimum absolute atomic E-state index is 0.477. The summed E-state index contributed by atoms with van der Waals surface area (Å²) in [5.74, 6) is 0.889. The second-order valence-electron chi connectivity index (χ2n) is 4.57. The third kappa shape index (κ3) is 3.55. The summed E-state index contributed by atoms with van der Waals surface area (Å²) >= 11 is 3.55. The van der Waals surface area contributed by atoms with Crippen LogP contribution in [-0.2, 0) is 6.54 Å². The molecule has 0 bridgehead atoms. The number of rotatable bonds is 4. The molecular formula is C15H17BrN2O. The number of aliphatic hydroxyl groups excluding tert-OH is 1. The van der Waals surface area contributed by atoms with Gasteiger partial charge in [0.1, 0.15) is 5.82 Å². The number of hydrogen-bond donors (Lipinski definition) is 1. The fourth-order valence-electron chi connectivity index (χ4n) is 1.83. The van der Waals surface area contributed by atoms with Crippen LogP contribution in [0.1, 0.15) is 24.2 Å². The SMILES string of the molecule is C[C@@H](O)c1ccc(N(C)Cc2ccccc2Br)nc1. The maximum absolute atomic E-state index is 9.46. The van der Waals surface area contributed by atoms with E-state index in [9.17, 15) is 5.11 Å². The molecule has 1 N–H and O–H groups in total. The largest absolute Gasteiger partial charge is 0.389 e. The number of nitrogens with zero attached hydrogens (tertiary/aromatic N) is 2. The first-order valence-electron chi connectivity index (χ1n) is 6.16. The van der Waals surface area contributed by atoms with Crippen LogP contribution < -0.4 is 4.90 Å². The van der Waals surface area contributed by atoms with E-state index in [0.29, 0.717) is 0 Å². The Morgan fingerprint density at radius 3 is 2.58 bits per heavy atom. The van der Waals surface area contributed by atoms with Crippen molar-refractivity contribution in [1.82, 2.24) is 4.98 Å². The smallest absolute Gasteiger partial charge is 0.128 e. The fraction of sp³-hybridized carbons (Fsp3) is 0.267. The van der Waals surface area contributed by atoms with Gasteiger partial charge in [-0.3, -0.25) is 0 Å². The molecular weight excluding hydrogens is 304 g/mol. The number of aliphatic hydroxyl groups is 1. The van der Waals surface area contributed by atoms with Gasteiger partial charge in [-0.2, -0.15) is 0 Å². The zero-order valence-corrected chi connectivity index (χ0v) is 12.6. The van der Waals surface area contributed by atoms with Gasteiger partial charge in [0.2, 0.25) is 0 Å². The maximum Gasteiger partial charge on any atom is 0.128 e. The van der Waals surface area contributed by atoms with Crippen LogP contribution in [0.3, 0.4) is 0 Å². The van der Waals surface area contributed by atoms with Crippen molar-refractivity contribution in [2.75, 3.05) is 11.9 Å². The van der Waals surface area contributed by atoms with Gasteiger partial charge in [0.15, 0.2) is 0 Å². The first-order valence-corrected chi connectivity index (χ1v) is 6.96. The van der Waals surface area contributed by atoms with E-state index in [2.05, 4.69) is 31.9 Å². The van der Waals surface area contributed by atoms with Crippen molar-refractivity contribution in [2.45, 2.75) is 19.6 Å². The number of pyridine rings is 1. The Hall–Kier alpha value is -1.39. The van der Waals surface area contributed by atoms with E-state index < -0.39 is 6.10 Å². The highest BCUT2D eigenvalue weighted by Gasteiger charge is 2.07. The molecule has 0 fully saturated rings. The Kier molecular flexibility index (Phi) is 4.56. The van der Waals surface area contributed by atoms with E-state index in [1.54, 1.807) is 13.1 Å². The van der Waals surface area contributed by atoms with Gasteiger partial charge in [0.05, 0.1) is 6.10 Å². The minimum atomic E-state index is -0.477. The summed E-state index contributed by atoms with van der Waals surface area (Å²) in [5, 5.41) is 9.46. The molecule has 19 heavy (non-hydrogen) atoms. The summed E-state index contributed by atoms with van der Waals surface area (Å²) in [7, 11) is 2.00. The Morgan fingerprint density at radius 2 is 2.00 bits per heavy atom. The maximum atomic E-state index is 9.46. The summed E-state index contributed by atoms with van der Waals surface area (Å²) in [6.45, 7) is 2.52. The third-order valence-electron chi connectivity index (χ3n) is 3.01. The summed E-state index contributed by atoms with van der Waals surface area (Å²) in [4.78, 5) is 6.45. The van der Waals surface area contributed by atoms with Crippen LogP contribution in [0, 0.1) is 0 Å². The van der Waals surface area contributed by atoms with Crippen molar-refractivity contribution < 1.29 is 5.11 Å². The highest BCUT2D eigenvalue weighted by molar-refractivity contribution is 9.10. The van der Waals surface area contributed by atoms with Crippen LogP contribution in [0.2, 0.25) is 0 Å². The van der Waals surface area contributed by atoms with Crippen molar-refractivity contribution in [3.05, 3.63) is 58.2 Å². The molecule has 0 saturated carbocycles. The predicted molar refractivity (Wildman–Crippen MR) is 81.1 cm³/mol. The van der Waals surface area contributed by atoms with E-state index >= 15 is 0 Å². The van der Waals surface area contributed by atoms with Crippen molar-refractivity contribution in [3.8, 4) is 0 Å². The van der Waals surface area contributed by atoms with Gasteiger partial charge in [0.25, 0.3) is 0 Å². The molecule has 100 valence electrons. The average Bonchev–Trinajstić information content (AvgIpc) is 2.41. The molecule has 1 heterocycles. The highest BCUT2D eigenvalue weighted by atomic mass is 79.9. The zero-order valence-electron chi connectivity index (χ0n) is 11.0. The molecule has 0 aliphatic rings. The van der Waals surface area contributed by atoms with Crippen LogP contribution in [0.4, 0.5) is 5.82 Å². The molecule has 0 amide bonds. The quantitative estimate of drug-likeness (QED) is 0.936. The molecule has 0 aliphatic carbocycles. The van der Waals surface area contributed by atoms with E-state index in [-0.39, 0.29) is 0 Å². The van der Waals surface area contributed by atoms with E-state index in [1.165, 1.54) is 5.56 Å². The van der Waals surface area contributed by atoms with Gasteiger partial charge >= 0.3 is 0 Å². The number of anilines is 1. The Bertz CT molecular complexity index is 540. The minimum Gasteiger partial charge on any atom is -0.389 e. The lowest BCUT2D eigenvalue weighted by molar-refractivity contribution is 0.199. The molecule has 1 aromatic heterocycles. The normalized spacial score (nSPS) is 12.2. The molecule has 0 unspecified atom stereocenters. The second kappa shape index (κ2) is 6.17. The van der Waals surface area contributed by atoms with Crippen molar-refractivity contribution in [2.24, 2.45) is 0 Å². The molecule has 4 heteroatoms. The summed E-state index contributed by atoms with van der Waals surface area (Å²) in [6, 6.07) is 12.0. The molecule has 2 rings (SSSR count). The number of benzene rings is 1. The summed E-state index contributed by atoms with van der Waals surface area (Å²) < 4.78 is 1.10. The van der Waals surface area contributed by atoms with E-state index in [4.69, 9.17) is 0 Å². The van der Waals surface area contributed by atoms with Gasteiger partial charge in [-0.05, 0) is 30.2 Å². The van der Waals surface area contributed by atoms with Gasteiger partial charge in [0, 0.05) is 24.3 Å². The van der Waals surface area contributed by atoms with Crippen molar-refractivity contribution in [1.29, 1.82) is 0 Å². The van der Waals surface area contributed by atoms with Gasteiger partial charge in [-0.1, -0.05) is 40.2 Å². The Labute approximate surface area is 122 Å². The molecule has 2 aromatic rings. The first-order chi connectivity index (χ1) is 9.08. The Balaban J connectivity index is 2.12. The zero-order chi connectivity index (χ0) is 13.8. The van der Waals surface area contributed by atoms with Gasteiger partial charge in [-0.25, -0.2) is 4.98 Å². The molecule has 0 radical (unpaired) electrons. The van der Waals surface area contributed by atoms with Crippen LogP contribution >= 0.6 is 15.9 Å². The molecule has 0 aliphatic heterocycles. The lowest BCUT2D eigenvalue weighted by Crippen LogP contribution is -2.18. The predicted octanol–water partition coefficient (Wildman–Crippen LogP) is 3.53. The highest BCUT2D eigenvalue weighted by Crippen LogP contribution is 2.20. The second-order valence-corrected chi connectivity index (χ2v) is 5.43. The van der Waals surface area contributed by atoms with Crippen LogP contribution in [-0.4, -0.2) is 17.1 Å². The van der Waals surface area contributed by atoms with Gasteiger partial charge < -0.3 is 10.0 Å². The van der Waals surface area contributed by atoms with Crippen LogP contribution in [0.5, 0.6) is 0 Å². The lowest BCUT2D eigenvalue weighted by atomic mass is 10.2. The molecule has 1 aromatic carbocycles. The first kappa shape index (κ1) is 14.0. The fourth-order valence-corrected chi connectivity index (χ4v) is 2.24. The molecule has 3 nitrogen and oxygen atoms in total. The number of aromatic nitrogens is 1. The summed E-state index contributed by atoms with van der Waals surface area (Å²) in [6.07, 6.45) is 1.24. The van der Waals surface area contributed by atoms with Gasteiger partial charge in [-0.15, -0.1) is 0 Å². The standard InChI is InChI=1S/C15H17BrN2O/c1-11(19)12-7-8-15(17-9-12)18(2)10-13-5-3-4-6-14(13)16/h3-9,11,19H,10H2,1-2H3/t11-/m1/s1. The average molecular weight is 321 g/mol. The third-order valence-corrected chi connectivity index (χ3v) is 3.78. The van der Waals surface area contributed by atoms with Crippen LogP contribution in [0.25, 0.3) is 0 Å². The Morgan fingerprint density at radius 1 is 1.26 bits per heavy atom. The lowest BCUT2D eigenvalue weighted by Gasteiger charge is -2.19. The summed E-state index contributed by atoms with van der Waals surface area (Å²) in [5.41, 5.74) is 2.05. The van der Waals surface area contributed by atoms with E-state index in [1.807, 2.05) is 37.4 Å². The molecule has 1 atom stereocenters. The van der Waals surface area contributed by atoms with E-state index in [0.717, 1.165) is 22.4 Å². The topological polar surface area (TPSA) is 36.4 Å². The monoisotopic (exact) mass is 320 g/mol. The number of hydrogen-bond acceptors (Lipinski definition) is 3. The van der Waals surface area contributed by atoms with Crippen molar-refractivity contribution >= 4 is 21.7 Å². The number of halogens is 1. The van der Waals surface area contributed by atoms with Crippen molar-refractivity contribution in [3.63, 3.8) is 0 Å². The molecule has 0 spiro atoms. The molecule has 0 saturated heterocycles. The van der Waals surface area contributed by atoms with Crippen LogP contribution in [0.15, 0.2) is 47.1 Å².